The summed E-state index contributed by atoms with van der Waals surface area (Å²) < 4.78 is 5.84. The molecule has 4 amide bonds. The zero-order valence-electron chi connectivity index (χ0n) is 21.7. The molecule has 0 aromatic heterocycles. The van der Waals surface area contributed by atoms with Gasteiger partial charge in [0.1, 0.15) is 24.4 Å². The number of nitrogens with one attached hydrogen (secondary N) is 2. The first-order valence-corrected chi connectivity index (χ1v) is 12.5. The van der Waals surface area contributed by atoms with Gasteiger partial charge in [0.05, 0.1) is 18.7 Å². The number of ether oxygens (including phenoxy) is 1. The molecule has 0 bridgehead atoms. The van der Waals surface area contributed by atoms with Crippen LogP contribution in [0.4, 0.5) is 4.79 Å². The number of hydrazone groups is 1. The Hall–Kier alpha value is -5.19. The molecule has 2 unspecified atom stereocenters. The first-order chi connectivity index (χ1) is 19.2. The van der Waals surface area contributed by atoms with Gasteiger partial charge in [0.15, 0.2) is 0 Å². The molecule has 1 aliphatic heterocycles. The van der Waals surface area contributed by atoms with Crippen LogP contribution >= 0.6 is 0 Å². The van der Waals surface area contributed by atoms with E-state index in [1.54, 1.807) is 55.5 Å². The van der Waals surface area contributed by atoms with E-state index in [1.807, 2.05) is 30.3 Å². The Bertz CT molecular complexity index is 1430. The smallest absolute Gasteiger partial charge is 0.325 e. The second-order valence-corrected chi connectivity index (χ2v) is 9.41. The Labute approximate surface area is 230 Å². The van der Waals surface area contributed by atoms with E-state index >= 15 is 0 Å². The fraction of sp³-hybridized carbons (Fsp3) is 0.207. The topological polar surface area (TPSA) is 163 Å². The van der Waals surface area contributed by atoms with E-state index in [0.29, 0.717) is 29.0 Å². The molecule has 1 saturated heterocycles. The summed E-state index contributed by atoms with van der Waals surface area (Å²) in [4.78, 5) is 51.3. The molecule has 1 fully saturated rings. The largest absolute Gasteiger partial charge is 0.489 e. The number of nitrogens with two attached hydrogens (primary N) is 1. The summed E-state index contributed by atoms with van der Waals surface area (Å²) in [5.74, 6) is 3.23. The summed E-state index contributed by atoms with van der Waals surface area (Å²) in [7, 11) is 0. The summed E-state index contributed by atoms with van der Waals surface area (Å²) in [6.07, 6.45) is 1.03. The molecule has 0 spiro atoms. The SMILES string of the molecule is CC1(c2ccc(/C=N/N)cc2)NC(=O)N(CC(=O)NC(CC(=O)O)c2cccc(OCc3ccccc3)c2)C1=O. The Balaban J connectivity index is 1.45. The standard InChI is InChI=1S/C29H29N5O6/c1-29(22-12-10-19(11-13-22)16-31-30)27(38)34(28(39)33-29)17-25(35)32-24(15-26(36)37)21-8-5-9-23(14-21)40-18-20-6-3-2-4-7-20/h2-14,16,24H,15,17-18,30H2,1H3,(H,32,35)(H,33,39)(H,36,37)/b31-16+. The first kappa shape index (κ1) is 27.8. The van der Waals surface area contributed by atoms with Crippen LogP contribution in [0, 0.1) is 0 Å². The minimum atomic E-state index is -1.39. The zero-order valence-corrected chi connectivity index (χ0v) is 21.7. The molecule has 0 saturated carbocycles. The molecule has 1 heterocycles. The Morgan fingerprint density at radius 1 is 1.10 bits per heavy atom. The molecule has 206 valence electrons. The average molecular weight is 544 g/mol. The summed E-state index contributed by atoms with van der Waals surface area (Å²) in [5.41, 5.74) is 1.30. The molecule has 0 aliphatic carbocycles. The number of amides is 4. The minimum Gasteiger partial charge on any atom is -0.489 e. The molecule has 11 heteroatoms. The summed E-state index contributed by atoms with van der Waals surface area (Å²) in [5, 5.41) is 18.2. The molecule has 5 N–H and O–H groups in total. The maximum Gasteiger partial charge on any atom is 0.325 e. The van der Waals surface area contributed by atoms with Gasteiger partial charge in [-0.2, -0.15) is 5.10 Å². The van der Waals surface area contributed by atoms with E-state index in [0.717, 1.165) is 10.5 Å². The van der Waals surface area contributed by atoms with Crippen molar-refractivity contribution in [3.05, 3.63) is 101 Å². The van der Waals surface area contributed by atoms with Crippen LogP contribution < -0.4 is 21.2 Å². The number of hydrogen-bond acceptors (Lipinski definition) is 7. The number of rotatable bonds is 11. The number of nitrogens with zero attached hydrogens (tertiary/aromatic N) is 2. The fourth-order valence-electron chi connectivity index (χ4n) is 4.40. The quantitative estimate of drug-likeness (QED) is 0.125. The summed E-state index contributed by atoms with van der Waals surface area (Å²) in [6, 6.07) is 21.4. The van der Waals surface area contributed by atoms with Crippen LogP contribution in [0.5, 0.6) is 5.75 Å². The number of urea groups is 1. The van der Waals surface area contributed by atoms with Crippen molar-refractivity contribution in [2.75, 3.05) is 6.54 Å². The number of hydrogen-bond donors (Lipinski definition) is 4. The average Bonchev–Trinajstić information content (AvgIpc) is 3.16. The van der Waals surface area contributed by atoms with Crippen LogP contribution in [0.3, 0.4) is 0 Å². The predicted octanol–water partition coefficient (Wildman–Crippen LogP) is 2.66. The van der Waals surface area contributed by atoms with Crippen LogP contribution in [0.25, 0.3) is 0 Å². The number of carboxylic acids is 1. The fourth-order valence-corrected chi connectivity index (χ4v) is 4.40. The van der Waals surface area contributed by atoms with Gasteiger partial charge in [-0.05, 0) is 41.3 Å². The number of aliphatic carboxylic acids is 1. The number of imide groups is 1. The normalized spacial score (nSPS) is 17.5. The lowest BCUT2D eigenvalue weighted by Gasteiger charge is -2.23. The third kappa shape index (κ3) is 6.44. The van der Waals surface area contributed by atoms with Crippen molar-refractivity contribution in [2.24, 2.45) is 10.9 Å². The minimum absolute atomic E-state index is 0.314. The van der Waals surface area contributed by atoms with Crippen molar-refractivity contribution in [1.82, 2.24) is 15.5 Å². The molecule has 3 aromatic carbocycles. The maximum absolute atomic E-state index is 13.3. The summed E-state index contributed by atoms with van der Waals surface area (Å²) in [6.45, 7) is 1.28. The van der Waals surface area contributed by atoms with Gasteiger partial charge < -0.3 is 26.3 Å². The summed E-state index contributed by atoms with van der Waals surface area (Å²) >= 11 is 0. The van der Waals surface area contributed by atoms with Crippen LogP contribution in [-0.2, 0) is 26.5 Å². The first-order valence-electron chi connectivity index (χ1n) is 12.5. The molecular weight excluding hydrogens is 514 g/mol. The van der Waals surface area contributed by atoms with Crippen molar-refractivity contribution >= 4 is 30.0 Å². The Morgan fingerprint density at radius 3 is 2.50 bits per heavy atom. The highest BCUT2D eigenvalue weighted by molar-refractivity contribution is 6.09. The third-order valence-corrected chi connectivity index (χ3v) is 6.51. The van der Waals surface area contributed by atoms with Crippen LogP contribution in [-0.4, -0.2) is 46.6 Å². The number of carbonyl (C=O) groups is 4. The molecule has 3 aromatic rings. The van der Waals surface area contributed by atoms with Gasteiger partial charge in [0.25, 0.3) is 5.91 Å². The molecule has 4 rings (SSSR count). The van der Waals surface area contributed by atoms with Crippen molar-refractivity contribution in [1.29, 1.82) is 0 Å². The monoisotopic (exact) mass is 543 g/mol. The van der Waals surface area contributed by atoms with Crippen molar-refractivity contribution < 1.29 is 29.0 Å². The highest BCUT2D eigenvalue weighted by Crippen LogP contribution is 2.29. The van der Waals surface area contributed by atoms with E-state index in [-0.39, 0.29) is 0 Å². The molecule has 40 heavy (non-hydrogen) atoms. The van der Waals surface area contributed by atoms with Gasteiger partial charge in [-0.25, -0.2) is 4.79 Å². The second kappa shape index (κ2) is 12.1. The maximum atomic E-state index is 13.3. The van der Waals surface area contributed by atoms with Crippen LogP contribution in [0.1, 0.15) is 41.6 Å². The predicted molar refractivity (Wildman–Crippen MR) is 146 cm³/mol. The van der Waals surface area contributed by atoms with Gasteiger partial charge in [-0.1, -0.05) is 66.7 Å². The third-order valence-electron chi connectivity index (χ3n) is 6.51. The molecule has 11 nitrogen and oxygen atoms in total. The number of carbonyl (C=O) groups excluding carboxylic acids is 3. The van der Waals surface area contributed by atoms with Crippen molar-refractivity contribution in [3.8, 4) is 5.75 Å². The highest BCUT2D eigenvalue weighted by atomic mass is 16.5. The van der Waals surface area contributed by atoms with E-state index in [2.05, 4.69) is 15.7 Å². The lowest BCUT2D eigenvalue weighted by atomic mass is 9.91. The molecular formula is C29H29N5O6. The van der Waals surface area contributed by atoms with Gasteiger partial charge in [0.2, 0.25) is 5.91 Å². The van der Waals surface area contributed by atoms with Gasteiger partial charge in [-0.15, -0.1) is 0 Å². The zero-order chi connectivity index (χ0) is 28.7. The van der Waals surface area contributed by atoms with Gasteiger partial charge in [0, 0.05) is 0 Å². The molecule has 1 aliphatic rings. The van der Waals surface area contributed by atoms with Crippen LogP contribution in [0.2, 0.25) is 0 Å². The van der Waals surface area contributed by atoms with E-state index < -0.39 is 48.4 Å². The number of carboxylic acid groups (broad SMARTS) is 1. The Morgan fingerprint density at radius 2 is 1.82 bits per heavy atom. The van der Waals surface area contributed by atoms with E-state index in [1.165, 1.54) is 6.21 Å². The van der Waals surface area contributed by atoms with Crippen LogP contribution in [0.15, 0.2) is 84.0 Å². The van der Waals surface area contributed by atoms with E-state index in [9.17, 15) is 24.3 Å². The van der Waals surface area contributed by atoms with Gasteiger partial charge in [-0.3, -0.25) is 19.3 Å². The molecule has 0 radical (unpaired) electrons. The number of benzene rings is 3. The second-order valence-electron chi connectivity index (χ2n) is 9.41. The van der Waals surface area contributed by atoms with Gasteiger partial charge >= 0.3 is 12.0 Å². The highest BCUT2D eigenvalue weighted by Gasteiger charge is 2.49. The Kier molecular flexibility index (Phi) is 8.43. The molecule has 2 atom stereocenters. The lowest BCUT2D eigenvalue weighted by molar-refractivity contribution is -0.138. The van der Waals surface area contributed by atoms with Crippen molar-refractivity contribution in [2.45, 2.75) is 31.5 Å². The van der Waals surface area contributed by atoms with Crippen molar-refractivity contribution in [3.63, 3.8) is 0 Å². The lowest BCUT2D eigenvalue weighted by Crippen LogP contribution is -2.44. The van der Waals surface area contributed by atoms with E-state index in [4.69, 9.17) is 10.6 Å².